The van der Waals surface area contributed by atoms with Gasteiger partial charge in [-0.3, -0.25) is 9.69 Å². The number of ether oxygens (including phenoxy) is 1. The van der Waals surface area contributed by atoms with Crippen LogP contribution in [0.3, 0.4) is 0 Å². The summed E-state index contributed by atoms with van der Waals surface area (Å²) >= 11 is 0. The van der Waals surface area contributed by atoms with Gasteiger partial charge >= 0.3 is 0 Å². The van der Waals surface area contributed by atoms with E-state index in [1.54, 1.807) is 13.2 Å². The van der Waals surface area contributed by atoms with Crippen LogP contribution in [0.4, 0.5) is 0 Å². The maximum atomic E-state index is 12.2. The first-order valence-electron chi connectivity index (χ1n) is 8.89. The fraction of sp³-hybridized carbons (Fsp3) is 0.190. The Bertz CT molecular complexity index is 1150. The van der Waals surface area contributed by atoms with Crippen LogP contribution in [-0.2, 0) is 13.1 Å². The maximum Gasteiger partial charge on any atom is 0.258 e. The first-order valence-corrected chi connectivity index (χ1v) is 8.89. The Kier molecular flexibility index (Phi) is 4.90. The third-order valence-corrected chi connectivity index (χ3v) is 4.45. The third kappa shape index (κ3) is 3.79. The van der Waals surface area contributed by atoms with E-state index in [-0.39, 0.29) is 5.56 Å². The molecule has 0 aliphatic heterocycles. The van der Waals surface area contributed by atoms with Crippen LogP contribution in [0, 0.1) is 0 Å². The molecule has 0 aliphatic carbocycles. The number of nitrogens with one attached hydrogen (secondary N) is 1. The van der Waals surface area contributed by atoms with E-state index in [1.807, 2.05) is 60.5 Å². The van der Waals surface area contributed by atoms with Crippen molar-refractivity contribution < 1.29 is 9.26 Å². The van der Waals surface area contributed by atoms with Crippen LogP contribution >= 0.6 is 0 Å². The van der Waals surface area contributed by atoms with Gasteiger partial charge in [0.05, 0.1) is 31.1 Å². The molecular formula is C21H20N4O3. The molecule has 0 aliphatic rings. The van der Waals surface area contributed by atoms with Crippen molar-refractivity contribution in [2.75, 3.05) is 14.2 Å². The van der Waals surface area contributed by atoms with Crippen LogP contribution in [0.15, 0.2) is 63.9 Å². The minimum absolute atomic E-state index is 0.129. The predicted octanol–water partition coefficient (Wildman–Crippen LogP) is 3.22. The van der Waals surface area contributed by atoms with Gasteiger partial charge in [0, 0.05) is 11.6 Å². The van der Waals surface area contributed by atoms with E-state index in [9.17, 15) is 4.79 Å². The monoisotopic (exact) mass is 376 g/mol. The lowest BCUT2D eigenvalue weighted by Gasteiger charge is -2.14. The molecule has 2 heterocycles. The summed E-state index contributed by atoms with van der Waals surface area (Å²) in [7, 11) is 3.57. The summed E-state index contributed by atoms with van der Waals surface area (Å²) in [6.45, 7) is 1.03. The van der Waals surface area contributed by atoms with Crippen molar-refractivity contribution in [1.82, 2.24) is 20.0 Å². The molecule has 0 unspecified atom stereocenters. The van der Waals surface area contributed by atoms with Crippen molar-refractivity contribution in [2.45, 2.75) is 13.1 Å². The molecule has 2 aromatic heterocycles. The Balaban J connectivity index is 1.46. The molecule has 142 valence electrons. The molecule has 28 heavy (non-hydrogen) atoms. The Morgan fingerprint density at radius 3 is 2.68 bits per heavy atom. The quantitative estimate of drug-likeness (QED) is 0.556. The minimum Gasteiger partial charge on any atom is -0.497 e. The normalized spacial score (nSPS) is 11.2. The first-order chi connectivity index (χ1) is 13.6. The molecule has 4 aromatic rings. The average molecular weight is 376 g/mol. The summed E-state index contributed by atoms with van der Waals surface area (Å²) in [5.74, 6) is 2.14. The molecule has 0 spiro atoms. The zero-order valence-corrected chi connectivity index (χ0v) is 15.7. The Morgan fingerprint density at radius 2 is 1.89 bits per heavy atom. The lowest BCUT2D eigenvalue weighted by atomic mass is 10.1. The largest absolute Gasteiger partial charge is 0.497 e. The number of para-hydroxylation sites is 1. The topological polar surface area (TPSA) is 84.2 Å². The van der Waals surface area contributed by atoms with Crippen LogP contribution in [0.1, 0.15) is 11.6 Å². The Labute approximate surface area is 161 Å². The number of aromatic nitrogens is 3. The van der Waals surface area contributed by atoms with Gasteiger partial charge in [-0.1, -0.05) is 17.3 Å². The molecule has 2 aromatic carbocycles. The van der Waals surface area contributed by atoms with Crippen molar-refractivity contribution in [2.24, 2.45) is 0 Å². The number of hydrogen-bond donors (Lipinski definition) is 1. The summed E-state index contributed by atoms with van der Waals surface area (Å²) in [6, 6.07) is 16.9. The van der Waals surface area contributed by atoms with Crippen LogP contribution in [0.25, 0.3) is 22.2 Å². The molecule has 0 amide bonds. The number of H-pyrrole nitrogens is 1. The van der Waals surface area contributed by atoms with Gasteiger partial charge in [0.2, 0.25) is 0 Å². The highest BCUT2D eigenvalue weighted by atomic mass is 16.5. The number of fused-ring (bicyclic) bond motifs is 1. The number of benzene rings is 2. The zero-order valence-electron chi connectivity index (χ0n) is 15.7. The van der Waals surface area contributed by atoms with E-state index >= 15 is 0 Å². The van der Waals surface area contributed by atoms with Crippen LogP contribution in [0.5, 0.6) is 5.75 Å². The van der Waals surface area contributed by atoms with Gasteiger partial charge in [0.15, 0.2) is 5.76 Å². The SMILES string of the molecule is COc1ccc(-c2cc(CN(C)Cc3nc4ccccc4c(=O)[nH]3)on2)cc1. The Hall–Kier alpha value is -3.45. The minimum atomic E-state index is -0.129. The van der Waals surface area contributed by atoms with Gasteiger partial charge in [-0.25, -0.2) is 4.98 Å². The number of nitrogens with zero attached hydrogens (tertiary/aromatic N) is 3. The summed E-state index contributed by atoms with van der Waals surface area (Å²) in [6.07, 6.45) is 0. The predicted molar refractivity (Wildman–Crippen MR) is 106 cm³/mol. The molecule has 4 rings (SSSR count). The van der Waals surface area contributed by atoms with Gasteiger partial charge in [0.25, 0.3) is 5.56 Å². The summed E-state index contributed by atoms with van der Waals surface area (Å²) in [5, 5.41) is 4.73. The first kappa shape index (κ1) is 17.9. The van der Waals surface area contributed by atoms with Crippen LogP contribution in [-0.4, -0.2) is 34.2 Å². The second-order valence-corrected chi connectivity index (χ2v) is 6.61. The van der Waals surface area contributed by atoms with E-state index < -0.39 is 0 Å². The maximum absolute atomic E-state index is 12.2. The molecule has 0 atom stereocenters. The standard InChI is InChI=1S/C21H20N4O3/c1-25(13-20-22-18-6-4-3-5-17(18)21(26)23-20)12-16-11-19(24-28-16)14-7-9-15(27-2)10-8-14/h3-11H,12-13H2,1-2H3,(H,22,23,26). The van der Waals surface area contributed by atoms with E-state index in [4.69, 9.17) is 9.26 Å². The van der Waals surface area contributed by atoms with Gasteiger partial charge in [-0.2, -0.15) is 0 Å². The van der Waals surface area contributed by atoms with Crippen molar-refractivity contribution in [3.05, 3.63) is 76.5 Å². The van der Waals surface area contributed by atoms with Crippen molar-refractivity contribution in [3.8, 4) is 17.0 Å². The summed E-state index contributed by atoms with van der Waals surface area (Å²) < 4.78 is 10.6. The van der Waals surface area contributed by atoms with E-state index in [0.29, 0.717) is 29.8 Å². The smallest absolute Gasteiger partial charge is 0.258 e. The average Bonchev–Trinajstić information content (AvgIpc) is 3.16. The van der Waals surface area contributed by atoms with Crippen molar-refractivity contribution >= 4 is 10.9 Å². The highest BCUT2D eigenvalue weighted by Crippen LogP contribution is 2.22. The molecule has 7 nitrogen and oxygen atoms in total. The molecule has 0 radical (unpaired) electrons. The summed E-state index contributed by atoms with van der Waals surface area (Å²) in [4.78, 5) is 21.6. The molecule has 0 fully saturated rings. The van der Waals surface area contributed by atoms with Gasteiger partial charge < -0.3 is 14.2 Å². The summed E-state index contributed by atoms with van der Waals surface area (Å²) in [5.41, 5.74) is 2.29. The van der Waals surface area contributed by atoms with Gasteiger partial charge in [0.1, 0.15) is 17.3 Å². The van der Waals surface area contributed by atoms with Gasteiger partial charge in [-0.05, 0) is 43.4 Å². The highest BCUT2D eigenvalue weighted by Gasteiger charge is 2.11. The molecule has 7 heteroatoms. The highest BCUT2D eigenvalue weighted by molar-refractivity contribution is 5.77. The number of aromatic amines is 1. The Morgan fingerprint density at radius 1 is 1.11 bits per heavy atom. The zero-order chi connectivity index (χ0) is 19.5. The van der Waals surface area contributed by atoms with E-state index in [0.717, 1.165) is 22.8 Å². The van der Waals surface area contributed by atoms with Crippen molar-refractivity contribution in [3.63, 3.8) is 0 Å². The second kappa shape index (κ2) is 7.66. The molecule has 0 bridgehead atoms. The lowest BCUT2D eigenvalue weighted by Crippen LogP contribution is -2.21. The molecular weight excluding hydrogens is 356 g/mol. The molecule has 1 N–H and O–H groups in total. The fourth-order valence-corrected chi connectivity index (χ4v) is 3.07. The van der Waals surface area contributed by atoms with Crippen LogP contribution in [0.2, 0.25) is 0 Å². The second-order valence-electron chi connectivity index (χ2n) is 6.61. The molecule has 0 saturated carbocycles. The molecule has 0 saturated heterocycles. The third-order valence-electron chi connectivity index (χ3n) is 4.45. The number of rotatable bonds is 6. The van der Waals surface area contributed by atoms with Crippen LogP contribution < -0.4 is 10.3 Å². The number of hydrogen-bond acceptors (Lipinski definition) is 6. The van der Waals surface area contributed by atoms with E-state index in [2.05, 4.69) is 15.1 Å². The lowest BCUT2D eigenvalue weighted by molar-refractivity contribution is 0.262. The van der Waals surface area contributed by atoms with E-state index in [1.165, 1.54) is 0 Å². The number of methoxy groups -OCH3 is 1. The fourth-order valence-electron chi connectivity index (χ4n) is 3.07. The van der Waals surface area contributed by atoms with Crippen molar-refractivity contribution in [1.29, 1.82) is 0 Å². The van der Waals surface area contributed by atoms with Gasteiger partial charge in [-0.15, -0.1) is 0 Å².